The third kappa shape index (κ3) is 11.1. The van der Waals surface area contributed by atoms with E-state index in [0.29, 0.717) is 38.7 Å². The Hall–Kier alpha value is -4.01. The molecule has 4 rings (SSSR count). The number of halogens is 9. The molecular formula is C24H27F9N6O6. The van der Waals surface area contributed by atoms with Crippen LogP contribution in [-0.2, 0) is 38.4 Å². The fraction of sp³-hybridized carbons (Fsp3) is 0.583. The second kappa shape index (κ2) is 14.8. The largest absolute Gasteiger partial charge is 0.490 e. The van der Waals surface area contributed by atoms with Gasteiger partial charge in [0, 0.05) is 51.2 Å². The highest BCUT2D eigenvalue weighted by atomic mass is 19.4. The first-order chi connectivity index (χ1) is 20.7. The summed E-state index contributed by atoms with van der Waals surface area (Å²) in [6.07, 6.45) is -9.07. The molecular weight excluding hydrogens is 639 g/mol. The number of carbonyl (C=O) groups is 3. The Balaban J connectivity index is 0.000000421. The molecule has 0 aromatic carbocycles. The maximum atomic E-state index is 13.4. The van der Waals surface area contributed by atoms with Crippen LogP contribution in [0.3, 0.4) is 0 Å². The zero-order valence-electron chi connectivity index (χ0n) is 23.2. The molecule has 1 unspecified atom stereocenters. The number of rotatable bonds is 5. The number of carbonyl (C=O) groups excluding carboxylic acids is 1. The SMILES string of the molecule is CN(Cc1ncccn1)C(=O)C1CN(Cc2ncc(C(F)(F)F)[nH]2)CC12CCOCC2.O=C(O)C(F)(F)F.O=C(O)C(F)(F)F. The molecule has 252 valence electrons. The predicted molar refractivity (Wildman–Crippen MR) is 131 cm³/mol. The number of aromatic nitrogens is 4. The van der Waals surface area contributed by atoms with Gasteiger partial charge in [0.1, 0.15) is 17.3 Å². The fourth-order valence-corrected chi connectivity index (χ4v) is 4.58. The number of ether oxygens (including phenoxy) is 1. The monoisotopic (exact) mass is 666 g/mol. The third-order valence-electron chi connectivity index (χ3n) is 6.67. The molecule has 2 aromatic heterocycles. The van der Waals surface area contributed by atoms with Gasteiger partial charge in [0.25, 0.3) is 0 Å². The van der Waals surface area contributed by atoms with Gasteiger partial charge in [0.15, 0.2) is 0 Å². The molecule has 12 nitrogen and oxygen atoms in total. The molecule has 0 bridgehead atoms. The van der Waals surface area contributed by atoms with Gasteiger partial charge in [-0.3, -0.25) is 9.69 Å². The van der Waals surface area contributed by atoms with E-state index in [-0.39, 0.29) is 29.6 Å². The molecule has 21 heteroatoms. The smallest absolute Gasteiger partial charge is 0.475 e. The first-order valence-corrected chi connectivity index (χ1v) is 12.7. The summed E-state index contributed by atoms with van der Waals surface area (Å²) in [6.45, 7) is 2.75. The van der Waals surface area contributed by atoms with Crippen molar-refractivity contribution in [1.29, 1.82) is 0 Å². The molecule has 45 heavy (non-hydrogen) atoms. The maximum Gasteiger partial charge on any atom is 0.490 e. The van der Waals surface area contributed by atoms with Gasteiger partial charge in [-0.05, 0) is 18.9 Å². The highest BCUT2D eigenvalue weighted by Gasteiger charge is 2.51. The molecule has 0 radical (unpaired) electrons. The summed E-state index contributed by atoms with van der Waals surface area (Å²) in [5, 5.41) is 14.2. The predicted octanol–water partition coefficient (Wildman–Crippen LogP) is 3.37. The first-order valence-electron chi connectivity index (χ1n) is 12.7. The van der Waals surface area contributed by atoms with Crippen molar-refractivity contribution in [3.63, 3.8) is 0 Å². The number of imidazole rings is 1. The van der Waals surface area contributed by atoms with E-state index in [4.69, 9.17) is 24.5 Å². The number of nitrogens with one attached hydrogen (secondary N) is 1. The lowest BCUT2D eigenvalue weighted by Gasteiger charge is -2.38. The lowest BCUT2D eigenvalue weighted by molar-refractivity contribution is -0.193. The van der Waals surface area contributed by atoms with Crippen LogP contribution in [0.5, 0.6) is 0 Å². The Bertz CT molecular complexity index is 1260. The maximum absolute atomic E-state index is 13.4. The standard InChI is InChI=1S/C20H25F3N6O2.2C2HF3O2/c1-28(11-16-24-5-2-6-25-16)18(30)14-10-29(13-19(14)3-7-31-8-4-19)12-17-26-9-15(27-17)20(21,22)23;2*3-2(4,5)1(6)7/h2,5-6,9,14H,3-4,7-8,10-13H2,1H3,(H,26,27);2*(H,6,7). The van der Waals surface area contributed by atoms with Crippen molar-refractivity contribution in [3.05, 3.63) is 42.0 Å². The topological polar surface area (TPSA) is 162 Å². The van der Waals surface area contributed by atoms with E-state index >= 15 is 0 Å². The molecule has 3 N–H and O–H groups in total. The normalized spacial score (nSPS) is 18.3. The van der Waals surface area contributed by atoms with Gasteiger partial charge in [0.05, 0.1) is 25.2 Å². The van der Waals surface area contributed by atoms with Gasteiger partial charge in [0.2, 0.25) is 5.91 Å². The lowest BCUT2D eigenvalue weighted by Crippen LogP contribution is -2.45. The molecule has 4 heterocycles. The summed E-state index contributed by atoms with van der Waals surface area (Å²) in [7, 11) is 1.73. The number of aliphatic carboxylic acids is 2. The zero-order chi connectivity index (χ0) is 34.2. The second-order valence-corrected chi connectivity index (χ2v) is 9.90. The van der Waals surface area contributed by atoms with Crippen LogP contribution in [-0.4, -0.2) is 103 Å². The minimum absolute atomic E-state index is 0.00715. The van der Waals surface area contributed by atoms with Crippen molar-refractivity contribution in [2.24, 2.45) is 11.3 Å². The van der Waals surface area contributed by atoms with Crippen molar-refractivity contribution >= 4 is 17.8 Å². The molecule has 2 saturated heterocycles. The summed E-state index contributed by atoms with van der Waals surface area (Å²) >= 11 is 0. The highest BCUT2D eigenvalue weighted by Crippen LogP contribution is 2.45. The van der Waals surface area contributed by atoms with Crippen LogP contribution in [0, 0.1) is 11.3 Å². The minimum Gasteiger partial charge on any atom is -0.475 e. The highest BCUT2D eigenvalue weighted by molar-refractivity contribution is 5.80. The van der Waals surface area contributed by atoms with E-state index in [9.17, 15) is 44.3 Å². The molecule has 1 spiro atoms. The van der Waals surface area contributed by atoms with Gasteiger partial charge < -0.3 is 24.8 Å². The molecule has 2 fully saturated rings. The average Bonchev–Trinajstić information content (AvgIpc) is 3.54. The summed E-state index contributed by atoms with van der Waals surface area (Å²) < 4.78 is 108. The summed E-state index contributed by atoms with van der Waals surface area (Å²) in [5.41, 5.74) is -1.13. The fourth-order valence-electron chi connectivity index (χ4n) is 4.58. The molecule has 1 amide bonds. The van der Waals surface area contributed by atoms with Gasteiger partial charge in [-0.15, -0.1) is 0 Å². The number of nitrogens with zero attached hydrogens (tertiary/aromatic N) is 5. The van der Waals surface area contributed by atoms with Gasteiger partial charge >= 0.3 is 30.5 Å². The van der Waals surface area contributed by atoms with E-state index in [1.165, 1.54) is 0 Å². The van der Waals surface area contributed by atoms with Crippen molar-refractivity contribution in [3.8, 4) is 0 Å². The Morgan fingerprint density at radius 3 is 1.93 bits per heavy atom. The summed E-state index contributed by atoms with van der Waals surface area (Å²) in [4.78, 5) is 49.4. The van der Waals surface area contributed by atoms with E-state index in [1.54, 1.807) is 30.4 Å². The van der Waals surface area contributed by atoms with Crippen LogP contribution in [0.1, 0.15) is 30.2 Å². The van der Waals surface area contributed by atoms with Gasteiger partial charge in [-0.1, -0.05) is 0 Å². The number of hydrogen-bond donors (Lipinski definition) is 3. The third-order valence-corrected chi connectivity index (χ3v) is 6.67. The number of carboxylic acid groups (broad SMARTS) is 2. The number of likely N-dealkylation sites (tertiary alicyclic amines) is 1. The van der Waals surface area contributed by atoms with E-state index < -0.39 is 36.2 Å². The Morgan fingerprint density at radius 2 is 1.49 bits per heavy atom. The number of hydrogen-bond acceptors (Lipinski definition) is 8. The van der Waals surface area contributed by atoms with E-state index in [2.05, 4.69) is 19.9 Å². The average molecular weight is 666 g/mol. The Labute approximate surface area is 248 Å². The summed E-state index contributed by atoms with van der Waals surface area (Å²) in [6, 6.07) is 1.72. The van der Waals surface area contributed by atoms with Crippen LogP contribution < -0.4 is 0 Å². The van der Waals surface area contributed by atoms with Crippen LogP contribution >= 0.6 is 0 Å². The zero-order valence-corrected chi connectivity index (χ0v) is 23.2. The number of alkyl halides is 9. The molecule has 0 saturated carbocycles. The number of amides is 1. The van der Waals surface area contributed by atoms with Gasteiger partial charge in [-0.25, -0.2) is 24.5 Å². The van der Waals surface area contributed by atoms with Crippen LogP contribution in [0.4, 0.5) is 39.5 Å². The molecule has 2 aromatic rings. The summed E-state index contributed by atoms with van der Waals surface area (Å²) in [5.74, 6) is -4.99. The number of H-pyrrole nitrogens is 1. The molecule has 1 atom stereocenters. The Kier molecular flexibility index (Phi) is 12.3. The van der Waals surface area contributed by atoms with Crippen molar-refractivity contribution < 1.29 is 68.8 Å². The first kappa shape index (κ1) is 37.2. The Morgan fingerprint density at radius 1 is 0.978 bits per heavy atom. The number of carboxylic acids is 2. The van der Waals surface area contributed by atoms with E-state index in [1.807, 2.05) is 4.90 Å². The lowest BCUT2D eigenvalue weighted by atomic mass is 9.71. The van der Waals surface area contributed by atoms with Gasteiger partial charge in [-0.2, -0.15) is 39.5 Å². The van der Waals surface area contributed by atoms with Crippen molar-refractivity contribution in [2.45, 2.75) is 44.5 Å². The van der Waals surface area contributed by atoms with E-state index in [0.717, 1.165) is 19.0 Å². The van der Waals surface area contributed by atoms with Crippen LogP contribution in [0.2, 0.25) is 0 Å². The minimum atomic E-state index is -5.08. The van der Waals surface area contributed by atoms with Crippen molar-refractivity contribution in [2.75, 3.05) is 33.4 Å². The molecule has 2 aliphatic heterocycles. The van der Waals surface area contributed by atoms with Crippen LogP contribution in [0.15, 0.2) is 24.7 Å². The molecule has 2 aliphatic rings. The van der Waals surface area contributed by atoms with Crippen molar-refractivity contribution in [1.82, 2.24) is 29.7 Å². The molecule has 0 aliphatic carbocycles. The number of aromatic amines is 1. The van der Waals surface area contributed by atoms with Crippen LogP contribution in [0.25, 0.3) is 0 Å². The second-order valence-electron chi connectivity index (χ2n) is 9.90. The quantitative estimate of drug-likeness (QED) is 0.404.